The molecule has 0 aliphatic rings. The number of nitriles is 1. The molecule has 0 fully saturated rings. The van der Waals surface area contributed by atoms with Crippen molar-refractivity contribution in [2.75, 3.05) is 0 Å². The molecule has 0 aliphatic heterocycles. The number of hydrogen-bond donors (Lipinski definition) is 0. The maximum atomic E-state index is 12.6. The summed E-state index contributed by atoms with van der Waals surface area (Å²) < 4.78 is 65.6. The number of nitro benzene ring substituents is 1. The topological polar surface area (TPSA) is 110 Å². The average molecular weight is 372 g/mol. The van der Waals surface area contributed by atoms with Crippen molar-refractivity contribution in [1.82, 2.24) is 0 Å². The van der Waals surface area contributed by atoms with Crippen LogP contribution in [-0.4, -0.2) is 18.8 Å². The van der Waals surface area contributed by atoms with Crippen LogP contribution in [0.5, 0.6) is 11.5 Å². The summed E-state index contributed by atoms with van der Waals surface area (Å²) in [6.45, 7) is 0. The second-order valence-electron chi connectivity index (χ2n) is 4.57. The molecule has 0 radical (unpaired) electrons. The summed E-state index contributed by atoms with van der Waals surface area (Å²) in [7, 11) is -5.73. The van der Waals surface area contributed by atoms with Crippen LogP contribution in [0.4, 0.5) is 18.9 Å². The van der Waals surface area contributed by atoms with Crippen LogP contribution in [0, 0.1) is 21.4 Å². The van der Waals surface area contributed by atoms with Gasteiger partial charge in [0.15, 0.2) is 0 Å². The molecular formula is C14H7F3N2O5S. The van der Waals surface area contributed by atoms with E-state index < -0.39 is 36.6 Å². The maximum absolute atomic E-state index is 12.6. The van der Waals surface area contributed by atoms with E-state index in [4.69, 9.17) is 10.00 Å². The van der Waals surface area contributed by atoms with Crippen LogP contribution in [0.3, 0.4) is 0 Å². The van der Waals surface area contributed by atoms with Crippen LogP contribution < -0.4 is 4.74 Å². The van der Waals surface area contributed by atoms with Gasteiger partial charge in [-0.05, 0) is 36.4 Å². The minimum absolute atomic E-state index is 0.0773. The Hall–Kier alpha value is -3.13. The summed E-state index contributed by atoms with van der Waals surface area (Å²) in [5.41, 5.74) is -6.24. The first-order chi connectivity index (χ1) is 11.6. The third kappa shape index (κ3) is 3.69. The normalized spacial score (nSPS) is 11.6. The molecule has 0 saturated carbocycles. The van der Waals surface area contributed by atoms with Gasteiger partial charge in [-0.15, -0.1) is 0 Å². The van der Waals surface area contributed by atoms with Crippen LogP contribution in [0.2, 0.25) is 0 Å². The highest BCUT2D eigenvalue weighted by atomic mass is 32.2. The molecule has 0 heterocycles. The van der Waals surface area contributed by atoms with Gasteiger partial charge in [0, 0.05) is 6.07 Å². The molecule has 0 spiro atoms. The smallest absolute Gasteiger partial charge is 0.450 e. The molecular weight excluding hydrogens is 365 g/mol. The monoisotopic (exact) mass is 372 g/mol. The van der Waals surface area contributed by atoms with E-state index >= 15 is 0 Å². The van der Waals surface area contributed by atoms with Crippen LogP contribution in [0.15, 0.2) is 47.4 Å². The molecule has 2 rings (SSSR count). The predicted octanol–water partition coefficient (Wildman–Crippen LogP) is 3.55. The van der Waals surface area contributed by atoms with Crippen molar-refractivity contribution >= 4 is 15.5 Å². The molecule has 130 valence electrons. The van der Waals surface area contributed by atoms with Crippen LogP contribution in [-0.2, 0) is 9.84 Å². The SMILES string of the molecule is N#Cc1ccc(Oc2ccc(S(=O)(=O)C(F)(F)F)cc2[N+](=O)[O-])cc1. The molecule has 0 unspecified atom stereocenters. The first kappa shape index (κ1) is 18.2. The van der Waals surface area contributed by atoms with Crippen molar-refractivity contribution in [2.45, 2.75) is 10.4 Å². The van der Waals surface area contributed by atoms with Crippen LogP contribution in [0.1, 0.15) is 5.56 Å². The lowest BCUT2D eigenvalue weighted by molar-refractivity contribution is -0.385. The Morgan fingerprint density at radius 3 is 2.20 bits per heavy atom. The van der Waals surface area contributed by atoms with Gasteiger partial charge in [0.2, 0.25) is 5.75 Å². The Bertz CT molecular complexity index is 963. The lowest BCUT2D eigenvalue weighted by Crippen LogP contribution is -2.23. The van der Waals surface area contributed by atoms with E-state index in [0.717, 1.165) is 6.07 Å². The minimum atomic E-state index is -5.73. The molecule has 0 aromatic heterocycles. The first-order valence-electron chi connectivity index (χ1n) is 6.34. The van der Waals surface area contributed by atoms with Gasteiger partial charge in [0.1, 0.15) is 5.75 Å². The Morgan fingerprint density at radius 2 is 1.72 bits per heavy atom. The van der Waals surface area contributed by atoms with E-state index in [2.05, 4.69) is 0 Å². The average Bonchev–Trinajstić information content (AvgIpc) is 2.54. The highest BCUT2D eigenvalue weighted by molar-refractivity contribution is 7.92. The van der Waals surface area contributed by atoms with Crippen LogP contribution in [0.25, 0.3) is 0 Å². The number of sulfone groups is 1. The summed E-state index contributed by atoms with van der Waals surface area (Å²) in [5.74, 6) is -0.371. The number of rotatable bonds is 4. The van der Waals surface area contributed by atoms with E-state index in [1.165, 1.54) is 24.3 Å². The van der Waals surface area contributed by atoms with Gasteiger partial charge in [-0.1, -0.05) is 0 Å². The molecule has 2 aromatic carbocycles. The van der Waals surface area contributed by atoms with Crippen molar-refractivity contribution in [1.29, 1.82) is 5.26 Å². The lowest BCUT2D eigenvalue weighted by Gasteiger charge is -2.10. The third-order valence-electron chi connectivity index (χ3n) is 2.95. The van der Waals surface area contributed by atoms with Gasteiger partial charge >= 0.3 is 11.2 Å². The fraction of sp³-hybridized carbons (Fsp3) is 0.0714. The Balaban J connectivity index is 2.47. The van der Waals surface area contributed by atoms with E-state index in [-0.39, 0.29) is 11.8 Å². The standard InChI is InChI=1S/C14H7F3N2O5S/c15-14(16,17)25(22,23)11-5-6-13(12(7-11)19(20)21)24-10-3-1-9(8-18)2-4-10/h1-7H. The van der Waals surface area contributed by atoms with Gasteiger partial charge in [-0.2, -0.15) is 18.4 Å². The van der Waals surface area contributed by atoms with Crippen molar-refractivity contribution in [3.05, 3.63) is 58.1 Å². The van der Waals surface area contributed by atoms with Gasteiger partial charge in [0.05, 0.1) is 21.5 Å². The van der Waals surface area contributed by atoms with Gasteiger partial charge in [-0.25, -0.2) is 8.42 Å². The van der Waals surface area contributed by atoms with Crippen LogP contribution >= 0.6 is 0 Å². The molecule has 7 nitrogen and oxygen atoms in total. The Morgan fingerprint density at radius 1 is 1.12 bits per heavy atom. The van der Waals surface area contributed by atoms with Crippen molar-refractivity contribution in [2.24, 2.45) is 0 Å². The largest absolute Gasteiger partial charge is 0.501 e. The highest BCUT2D eigenvalue weighted by Crippen LogP contribution is 2.37. The second-order valence-corrected chi connectivity index (χ2v) is 6.52. The molecule has 0 saturated heterocycles. The highest BCUT2D eigenvalue weighted by Gasteiger charge is 2.47. The fourth-order valence-corrected chi connectivity index (χ4v) is 2.53. The fourth-order valence-electron chi connectivity index (χ4n) is 1.75. The molecule has 0 atom stereocenters. The van der Waals surface area contributed by atoms with Gasteiger partial charge in [-0.3, -0.25) is 10.1 Å². The van der Waals surface area contributed by atoms with E-state index in [0.29, 0.717) is 11.6 Å². The zero-order valence-corrected chi connectivity index (χ0v) is 12.8. The quantitative estimate of drug-likeness (QED) is 0.599. The molecule has 0 N–H and O–H groups in total. The minimum Gasteiger partial charge on any atom is -0.450 e. The number of ether oxygens (including phenoxy) is 1. The molecule has 0 bridgehead atoms. The zero-order chi connectivity index (χ0) is 18.8. The van der Waals surface area contributed by atoms with E-state index in [9.17, 15) is 31.7 Å². The number of hydrogen-bond acceptors (Lipinski definition) is 6. The molecule has 2 aromatic rings. The van der Waals surface area contributed by atoms with Crippen molar-refractivity contribution in [3.8, 4) is 17.6 Å². The summed E-state index contributed by atoms with van der Waals surface area (Å²) >= 11 is 0. The predicted molar refractivity (Wildman–Crippen MR) is 77.6 cm³/mol. The van der Waals surface area contributed by atoms with Gasteiger partial charge in [0.25, 0.3) is 9.84 Å². The van der Waals surface area contributed by atoms with Gasteiger partial charge < -0.3 is 4.74 Å². The zero-order valence-electron chi connectivity index (χ0n) is 12.0. The number of nitro groups is 1. The Kier molecular flexibility index (Phi) is 4.67. The molecule has 11 heteroatoms. The first-order valence-corrected chi connectivity index (χ1v) is 7.82. The summed E-state index contributed by atoms with van der Waals surface area (Å²) in [4.78, 5) is 8.72. The van der Waals surface area contributed by atoms with Crippen molar-refractivity contribution < 1.29 is 31.2 Å². The number of benzene rings is 2. The molecule has 0 amide bonds. The maximum Gasteiger partial charge on any atom is 0.501 e. The van der Waals surface area contributed by atoms with E-state index in [1.807, 2.05) is 6.07 Å². The summed E-state index contributed by atoms with van der Waals surface area (Å²) in [6, 6.07) is 8.83. The summed E-state index contributed by atoms with van der Waals surface area (Å²) in [5, 5.41) is 19.7. The molecule has 25 heavy (non-hydrogen) atoms. The van der Waals surface area contributed by atoms with Crippen molar-refractivity contribution in [3.63, 3.8) is 0 Å². The summed E-state index contributed by atoms with van der Waals surface area (Å²) in [6.07, 6.45) is 0. The number of halogens is 3. The second kappa shape index (κ2) is 6.40. The third-order valence-corrected chi connectivity index (χ3v) is 4.44. The number of alkyl halides is 3. The molecule has 0 aliphatic carbocycles. The van der Waals surface area contributed by atoms with E-state index in [1.54, 1.807) is 0 Å². The number of nitrogens with zero attached hydrogens (tertiary/aromatic N) is 2. The Labute approximate surface area is 138 Å². The lowest BCUT2D eigenvalue weighted by atomic mass is 10.2.